The molecular weight excluding hydrogens is 444 g/mol. The summed E-state index contributed by atoms with van der Waals surface area (Å²) in [6, 6.07) is 15.3. The lowest BCUT2D eigenvalue weighted by Gasteiger charge is -2.10. The third kappa shape index (κ3) is 3.92. The van der Waals surface area contributed by atoms with E-state index < -0.39 is 0 Å². The summed E-state index contributed by atoms with van der Waals surface area (Å²) in [4.78, 5) is 0. The summed E-state index contributed by atoms with van der Waals surface area (Å²) in [5.41, 5.74) is 1.62. The Labute approximate surface area is 173 Å². The van der Waals surface area contributed by atoms with Crippen LogP contribution in [0.15, 0.2) is 62.6 Å². The van der Waals surface area contributed by atoms with Gasteiger partial charge in [0, 0.05) is 4.47 Å². The Hall–Kier alpha value is -2.72. The van der Waals surface area contributed by atoms with Crippen molar-refractivity contribution in [3.05, 3.63) is 58.9 Å². The molecule has 0 unspecified atom stereocenters. The van der Waals surface area contributed by atoms with Gasteiger partial charge in [-0.1, -0.05) is 36.0 Å². The van der Waals surface area contributed by atoms with Crippen molar-refractivity contribution in [1.29, 1.82) is 0 Å². The molecule has 2 heterocycles. The van der Waals surface area contributed by atoms with E-state index in [1.807, 2.05) is 55.5 Å². The van der Waals surface area contributed by atoms with Crippen LogP contribution in [0, 0.1) is 0 Å². The van der Waals surface area contributed by atoms with Gasteiger partial charge in [-0.3, -0.25) is 0 Å². The number of tetrazole rings is 1. The smallest absolute Gasteiger partial charge is 0.248 e. The minimum atomic E-state index is 0.439. The molecule has 0 aliphatic carbocycles. The van der Waals surface area contributed by atoms with Crippen molar-refractivity contribution >= 4 is 27.7 Å². The minimum absolute atomic E-state index is 0.439. The molecule has 0 aliphatic rings. The first-order valence-electron chi connectivity index (χ1n) is 8.47. The molecule has 0 spiro atoms. The van der Waals surface area contributed by atoms with Crippen LogP contribution in [0.2, 0.25) is 0 Å². The van der Waals surface area contributed by atoms with Gasteiger partial charge >= 0.3 is 0 Å². The van der Waals surface area contributed by atoms with Gasteiger partial charge in [0.25, 0.3) is 0 Å². The third-order valence-corrected chi connectivity index (χ3v) is 5.33. The standard InChI is InChI=1S/C18H15BrN6O2S/c1-2-26-15-10-6-5-9-14(15)25-18(22-23-24-25)28-11-16-20-21-17(27-16)12-7-3-4-8-13(12)19/h3-10H,2,11H2,1H3. The number of nitrogens with zero attached hydrogens (tertiary/aromatic N) is 6. The highest BCUT2D eigenvalue weighted by Crippen LogP contribution is 2.30. The van der Waals surface area contributed by atoms with Crippen molar-refractivity contribution in [2.24, 2.45) is 0 Å². The van der Waals surface area contributed by atoms with Crippen LogP contribution in [-0.4, -0.2) is 37.0 Å². The molecule has 0 amide bonds. The van der Waals surface area contributed by atoms with E-state index in [4.69, 9.17) is 9.15 Å². The number of halogens is 1. The molecule has 0 radical (unpaired) electrons. The van der Waals surface area contributed by atoms with Gasteiger partial charge in [-0.25, -0.2) is 0 Å². The van der Waals surface area contributed by atoms with E-state index >= 15 is 0 Å². The van der Waals surface area contributed by atoms with Gasteiger partial charge in [-0.05, 0) is 57.5 Å². The second-order valence-corrected chi connectivity index (χ2v) is 7.34. The molecule has 10 heteroatoms. The van der Waals surface area contributed by atoms with Crippen molar-refractivity contribution in [2.45, 2.75) is 17.8 Å². The highest BCUT2D eigenvalue weighted by molar-refractivity contribution is 9.10. The fraction of sp³-hybridized carbons (Fsp3) is 0.167. The molecule has 0 saturated heterocycles. The average Bonchev–Trinajstić information content (AvgIpc) is 3.37. The summed E-state index contributed by atoms with van der Waals surface area (Å²) in [6.07, 6.45) is 0. The molecule has 2 aromatic heterocycles. The number of hydrogen-bond acceptors (Lipinski definition) is 8. The summed E-state index contributed by atoms with van der Waals surface area (Å²) < 4.78 is 14.0. The molecule has 8 nitrogen and oxygen atoms in total. The summed E-state index contributed by atoms with van der Waals surface area (Å²) in [5.74, 6) is 2.11. The first-order chi connectivity index (χ1) is 13.8. The number of hydrogen-bond donors (Lipinski definition) is 0. The first-order valence-corrected chi connectivity index (χ1v) is 10.2. The first kappa shape index (κ1) is 18.6. The molecule has 0 saturated carbocycles. The molecule has 0 bridgehead atoms. The number of benzene rings is 2. The Balaban J connectivity index is 1.52. The Kier molecular flexibility index (Phi) is 5.68. The van der Waals surface area contributed by atoms with E-state index in [9.17, 15) is 0 Å². The van der Waals surface area contributed by atoms with Crippen LogP contribution in [0.3, 0.4) is 0 Å². The normalized spacial score (nSPS) is 10.9. The highest BCUT2D eigenvalue weighted by atomic mass is 79.9. The van der Waals surface area contributed by atoms with Gasteiger partial charge < -0.3 is 9.15 Å². The predicted octanol–water partition coefficient (Wildman–Crippen LogP) is 4.17. The van der Waals surface area contributed by atoms with Crippen molar-refractivity contribution < 1.29 is 9.15 Å². The Bertz CT molecular complexity index is 1080. The van der Waals surface area contributed by atoms with Crippen LogP contribution in [0.1, 0.15) is 12.8 Å². The largest absolute Gasteiger partial charge is 0.492 e. The molecule has 142 valence electrons. The monoisotopic (exact) mass is 458 g/mol. The van der Waals surface area contributed by atoms with Gasteiger partial charge in [0.05, 0.1) is 17.9 Å². The van der Waals surface area contributed by atoms with Gasteiger partial charge in [0.1, 0.15) is 11.4 Å². The Morgan fingerprint density at radius 1 is 1.07 bits per heavy atom. The number of thioether (sulfide) groups is 1. The minimum Gasteiger partial charge on any atom is -0.492 e. The van der Waals surface area contributed by atoms with Crippen LogP contribution in [0.25, 0.3) is 17.1 Å². The highest BCUT2D eigenvalue weighted by Gasteiger charge is 2.16. The maximum absolute atomic E-state index is 5.78. The number of ether oxygens (including phenoxy) is 1. The molecule has 0 atom stereocenters. The van der Waals surface area contributed by atoms with Crippen LogP contribution in [0.5, 0.6) is 5.75 Å². The molecular formula is C18H15BrN6O2S. The quantitative estimate of drug-likeness (QED) is 0.381. The summed E-state index contributed by atoms with van der Waals surface area (Å²) in [5, 5.41) is 20.8. The molecule has 28 heavy (non-hydrogen) atoms. The van der Waals surface area contributed by atoms with Gasteiger partial charge in [-0.2, -0.15) is 4.68 Å². The summed E-state index contributed by atoms with van der Waals surface area (Å²) in [6.45, 7) is 2.49. The Morgan fingerprint density at radius 3 is 2.75 bits per heavy atom. The summed E-state index contributed by atoms with van der Waals surface area (Å²) in [7, 11) is 0. The molecule has 0 fully saturated rings. The second kappa shape index (κ2) is 8.53. The Morgan fingerprint density at radius 2 is 1.89 bits per heavy atom. The van der Waals surface area contributed by atoms with Crippen molar-refractivity contribution in [3.63, 3.8) is 0 Å². The van der Waals surface area contributed by atoms with Gasteiger partial charge in [0.2, 0.25) is 16.9 Å². The molecule has 2 aromatic carbocycles. The number of aromatic nitrogens is 6. The maximum Gasteiger partial charge on any atom is 0.248 e. The fourth-order valence-corrected chi connectivity index (χ4v) is 3.69. The average molecular weight is 459 g/mol. The second-order valence-electron chi connectivity index (χ2n) is 5.54. The van der Waals surface area contributed by atoms with Crippen LogP contribution >= 0.6 is 27.7 Å². The van der Waals surface area contributed by atoms with Crippen molar-refractivity contribution in [3.8, 4) is 22.9 Å². The zero-order valence-corrected chi connectivity index (χ0v) is 17.2. The topological polar surface area (TPSA) is 91.8 Å². The van der Waals surface area contributed by atoms with Gasteiger partial charge in [-0.15, -0.1) is 15.3 Å². The zero-order chi connectivity index (χ0) is 19.3. The fourth-order valence-electron chi connectivity index (χ4n) is 2.51. The lowest BCUT2D eigenvalue weighted by atomic mass is 10.2. The predicted molar refractivity (Wildman–Crippen MR) is 107 cm³/mol. The van der Waals surface area contributed by atoms with Crippen LogP contribution in [-0.2, 0) is 5.75 Å². The third-order valence-electron chi connectivity index (χ3n) is 3.73. The maximum atomic E-state index is 5.78. The molecule has 0 N–H and O–H groups in total. The van der Waals surface area contributed by atoms with E-state index in [1.54, 1.807) is 4.68 Å². The molecule has 4 aromatic rings. The lowest BCUT2D eigenvalue weighted by molar-refractivity contribution is 0.337. The molecule has 0 aliphatic heterocycles. The van der Waals surface area contributed by atoms with Crippen molar-refractivity contribution in [2.75, 3.05) is 6.61 Å². The van der Waals surface area contributed by atoms with Crippen LogP contribution in [0.4, 0.5) is 0 Å². The lowest BCUT2D eigenvalue weighted by Crippen LogP contribution is -2.03. The van der Waals surface area contributed by atoms with Gasteiger partial charge in [0.15, 0.2) is 0 Å². The van der Waals surface area contributed by atoms with E-state index in [-0.39, 0.29) is 0 Å². The van der Waals surface area contributed by atoms with Crippen LogP contribution < -0.4 is 4.74 Å². The van der Waals surface area contributed by atoms with Crippen molar-refractivity contribution in [1.82, 2.24) is 30.4 Å². The number of rotatable bonds is 7. The molecule has 4 rings (SSSR count). The zero-order valence-electron chi connectivity index (χ0n) is 14.8. The van der Waals surface area contributed by atoms with E-state index in [0.717, 1.165) is 15.7 Å². The van der Waals surface area contributed by atoms with E-state index in [0.29, 0.717) is 35.0 Å². The number of para-hydroxylation sites is 2. The summed E-state index contributed by atoms with van der Waals surface area (Å²) >= 11 is 4.90. The van der Waals surface area contributed by atoms with E-state index in [1.165, 1.54) is 11.8 Å². The SMILES string of the molecule is CCOc1ccccc1-n1nnnc1SCc1nnc(-c2ccccc2Br)o1. The van der Waals surface area contributed by atoms with E-state index in [2.05, 4.69) is 41.7 Å².